The van der Waals surface area contributed by atoms with E-state index in [1.807, 2.05) is 6.07 Å². The first kappa shape index (κ1) is 14.1. The van der Waals surface area contributed by atoms with E-state index in [4.69, 9.17) is 0 Å². The summed E-state index contributed by atoms with van der Waals surface area (Å²) < 4.78 is 0. The summed E-state index contributed by atoms with van der Waals surface area (Å²) >= 11 is 0. The van der Waals surface area contributed by atoms with Gasteiger partial charge in [-0.15, -0.1) is 0 Å². The van der Waals surface area contributed by atoms with Crippen LogP contribution in [-0.4, -0.2) is 25.5 Å². The lowest BCUT2D eigenvalue weighted by molar-refractivity contribution is -0.125. The summed E-state index contributed by atoms with van der Waals surface area (Å²) in [5, 5.41) is 6.42. The minimum atomic E-state index is 0.215. The van der Waals surface area contributed by atoms with Crippen molar-refractivity contribution in [3.05, 3.63) is 35.9 Å². The SMILES string of the molecule is O=C(NCCCc1ccccc1)C1CCCNCC1. The molecule has 1 aromatic carbocycles. The van der Waals surface area contributed by atoms with Crippen LogP contribution in [0, 0.1) is 5.92 Å². The first-order valence-electron chi connectivity index (χ1n) is 7.38. The Balaban J connectivity index is 1.63. The van der Waals surface area contributed by atoms with Gasteiger partial charge in [0.05, 0.1) is 0 Å². The Hall–Kier alpha value is -1.35. The van der Waals surface area contributed by atoms with Crippen LogP contribution in [0.15, 0.2) is 30.3 Å². The van der Waals surface area contributed by atoms with E-state index >= 15 is 0 Å². The molecule has 2 rings (SSSR count). The minimum Gasteiger partial charge on any atom is -0.356 e. The Labute approximate surface area is 115 Å². The molecule has 3 nitrogen and oxygen atoms in total. The molecule has 1 amide bonds. The van der Waals surface area contributed by atoms with Crippen LogP contribution in [0.3, 0.4) is 0 Å². The van der Waals surface area contributed by atoms with Gasteiger partial charge in [0.1, 0.15) is 0 Å². The molecular weight excluding hydrogens is 236 g/mol. The Morgan fingerprint density at radius 3 is 2.89 bits per heavy atom. The van der Waals surface area contributed by atoms with Gasteiger partial charge in [0, 0.05) is 12.5 Å². The Bertz CT molecular complexity index is 370. The van der Waals surface area contributed by atoms with Crippen molar-refractivity contribution in [2.45, 2.75) is 32.1 Å². The van der Waals surface area contributed by atoms with E-state index < -0.39 is 0 Å². The maximum atomic E-state index is 12.0. The lowest BCUT2D eigenvalue weighted by Crippen LogP contribution is -2.32. The average molecular weight is 260 g/mol. The highest BCUT2D eigenvalue weighted by molar-refractivity contribution is 5.78. The second kappa shape index (κ2) is 7.95. The smallest absolute Gasteiger partial charge is 0.223 e. The summed E-state index contributed by atoms with van der Waals surface area (Å²) in [7, 11) is 0. The van der Waals surface area contributed by atoms with Crippen molar-refractivity contribution in [2.24, 2.45) is 5.92 Å². The highest BCUT2D eigenvalue weighted by Crippen LogP contribution is 2.13. The van der Waals surface area contributed by atoms with Crippen LogP contribution >= 0.6 is 0 Å². The van der Waals surface area contributed by atoms with E-state index in [-0.39, 0.29) is 11.8 Å². The van der Waals surface area contributed by atoms with Crippen LogP contribution in [0.5, 0.6) is 0 Å². The van der Waals surface area contributed by atoms with Crippen LogP contribution in [0.4, 0.5) is 0 Å². The van der Waals surface area contributed by atoms with Gasteiger partial charge in [-0.2, -0.15) is 0 Å². The molecule has 0 aliphatic carbocycles. The fourth-order valence-electron chi connectivity index (χ4n) is 2.57. The molecule has 1 fully saturated rings. The van der Waals surface area contributed by atoms with Gasteiger partial charge in [0.2, 0.25) is 5.91 Å². The molecule has 1 atom stereocenters. The van der Waals surface area contributed by atoms with Crippen molar-refractivity contribution in [3.63, 3.8) is 0 Å². The number of carbonyl (C=O) groups excluding carboxylic acids is 1. The molecule has 1 aliphatic heterocycles. The first-order chi connectivity index (χ1) is 9.36. The predicted octanol–water partition coefficient (Wildman–Crippen LogP) is 2.13. The van der Waals surface area contributed by atoms with Crippen molar-refractivity contribution in [3.8, 4) is 0 Å². The normalized spacial score (nSPS) is 19.7. The summed E-state index contributed by atoms with van der Waals surface area (Å²) in [6.45, 7) is 2.82. The van der Waals surface area contributed by atoms with Gasteiger partial charge in [0.15, 0.2) is 0 Å². The Kier molecular flexibility index (Phi) is 5.89. The van der Waals surface area contributed by atoms with Crippen LogP contribution in [0.25, 0.3) is 0 Å². The highest BCUT2D eigenvalue weighted by Gasteiger charge is 2.18. The molecule has 0 bridgehead atoms. The van der Waals surface area contributed by atoms with Crippen LogP contribution in [0.2, 0.25) is 0 Å². The average Bonchev–Trinajstić information content (AvgIpc) is 2.73. The maximum Gasteiger partial charge on any atom is 0.223 e. The van der Waals surface area contributed by atoms with E-state index in [9.17, 15) is 4.79 Å². The molecular formula is C16H24N2O. The zero-order valence-electron chi connectivity index (χ0n) is 11.5. The molecule has 1 heterocycles. The molecule has 0 aromatic heterocycles. The lowest BCUT2D eigenvalue weighted by Gasteiger charge is -2.13. The number of hydrogen-bond acceptors (Lipinski definition) is 2. The van der Waals surface area contributed by atoms with Crippen molar-refractivity contribution in [2.75, 3.05) is 19.6 Å². The number of aryl methyl sites for hydroxylation is 1. The first-order valence-corrected chi connectivity index (χ1v) is 7.38. The summed E-state index contributed by atoms with van der Waals surface area (Å²) in [5.74, 6) is 0.462. The third-order valence-electron chi connectivity index (χ3n) is 3.73. The van der Waals surface area contributed by atoms with E-state index in [1.165, 1.54) is 5.56 Å². The second-order valence-corrected chi connectivity index (χ2v) is 5.26. The largest absolute Gasteiger partial charge is 0.356 e. The molecule has 104 valence electrons. The van der Waals surface area contributed by atoms with E-state index in [0.29, 0.717) is 0 Å². The number of nitrogens with one attached hydrogen (secondary N) is 2. The van der Waals surface area contributed by atoms with Gasteiger partial charge in [-0.25, -0.2) is 0 Å². The van der Waals surface area contributed by atoms with Gasteiger partial charge < -0.3 is 10.6 Å². The monoisotopic (exact) mass is 260 g/mol. The third-order valence-corrected chi connectivity index (χ3v) is 3.73. The second-order valence-electron chi connectivity index (χ2n) is 5.26. The van der Waals surface area contributed by atoms with Crippen molar-refractivity contribution in [1.82, 2.24) is 10.6 Å². The number of benzene rings is 1. The molecule has 1 aromatic rings. The van der Waals surface area contributed by atoms with Gasteiger partial charge in [-0.05, 0) is 50.8 Å². The van der Waals surface area contributed by atoms with Gasteiger partial charge in [-0.1, -0.05) is 30.3 Å². The number of hydrogen-bond donors (Lipinski definition) is 2. The minimum absolute atomic E-state index is 0.215. The molecule has 0 radical (unpaired) electrons. The molecule has 0 saturated carbocycles. The number of amides is 1. The molecule has 1 unspecified atom stereocenters. The van der Waals surface area contributed by atoms with E-state index in [0.717, 1.165) is 51.7 Å². The molecule has 3 heteroatoms. The zero-order valence-corrected chi connectivity index (χ0v) is 11.5. The Morgan fingerprint density at radius 1 is 1.21 bits per heavy atom. The topological polar surface area (TPSA) is 41.1 Å². The zero-order chi connectivity index (χ0) is 13.3. The fraction of sp³-hybridized carbons (Fsp3) is 0.562. The molecule has 2 N–H and O–H groups in total. The predicted molar refractivity (Wildman–Crippen MR) is 78.0 cm³/mol. The van der Waals surface area contributed by atoms with Crippen molar-refractivity contribution >= 4 is 5.91 Å². The van der Waals surface area contributed by atoms with E-state index in [2.05, 4.69) is 34.9 Å². The van der Waals surface area contributed by atoms with Gasteiger partial charge in [-0.3, -0.25) is 4.79 Å². The molecule has 0 spiro atoms. The summed E-state index contributed by atoms with van der Waals surface area (Å²) in [4.78, 5) is 12.0. The maximum absolute atomic E-state index is 12.0. The molecule has 1 saturated heterocycles. The van der Waals surface area contributed by atoms with Crippen LogP contribution in [0.1, 0.15) is 31.2 Å². The lowest BCUT2D eigenvalue weighted by atomic mass is 10.00. The van der Waals surface area contributed by atoms with Crippen molar-refractivity contribution < 1.29 is 4.79 Å². The van der Waals surface area contributed by atoms with Crippen LogP contribution < -0.4 is 10.6 Å². The van der Waals surface area contributed by atoms with E-state index in [1.54, 1.807) is 0 Å². The fourth-order valence-corrected chi connectivity index (χ4v) is 2.57. The number of rotatable bonds is 5. The third kappa shape index (κ3) is 5.03. The van der Waals surface area contributed by atoms with Crippen LogP contribution in [-0.2, 0) is 11.2 Å². The quantitative estimate of drug-likeness (QED) is 0.796. The molecule has 1 aliphatic rings. The Morgan fingerprint density at radius 2 is 2.05 bits per heavy atom. The number of carbonyl (C=O) groups is 1. The van der Waals surface area contributed by atoms with Crippen molar-refractivity contribution in [1.29, 1.82) is 0 Å². The van der Waals surface area contributed by atoms with Gasteiger partial charge in [0.25, 0.3) is 0 Å². The molecule has 19 heavy (non-hydrogen) atoms. The summed E-state index contributed by atoms with van der Waals surface area (Å²) in [6.07, 6.45) is 5.16. The standard InChI is InChI=1S/C16H24N2O/c19-16(15-9-5-11-17-13-10-15)18-12-4-8-14-6-2-1-3-7-14/h1-3,6-7,15,17H,4-5,8-13H2,(H,18,19). The van der Waals surface area contributed by atoms with Gasteiger partial charge >= 0.3 is 0 Å². The summed E-state index contributed by atoms with van der Waals surface area (Å²) in [5.41, 5.74) is 1.34. The highest BCUT2D eigenvalue weighted by atomic mass is 16.1. The summed E-state index contributed by atoms with van der Waals surface area (Å²) in [6, 6.07) is 10.4.